The average molecular weight is 342 g/mol. The summed E-state index contributed by atoms with van der Waals surface area (Å²) in [5, 5.41) is 4.40. The summed E-state index contributed by atoms with van der Waals surface area (Å²) in [5.74, 6) is -0.241. The van der Waals surface area contributed by atoms with Gasteiger partial charge in [-0.05, 0) is 58.4 Å². The van der Waals surface area contributed by atoms with Crippen molar-refractivity contribution in [1.82, 2.24) is 14.3 Å². The van der Waals surface area contributed by atoms with Gasteiger partial charge in [-0.3, -0.25) is 9.48 Å². The molecule has 24 heavy (non-hydrogen) atoms. The summed E-state index contributed by atoms with van der Waals surface area (Å²) in [5.41, 5.74) is 3.70. The molecule has 2 heterocycles. The summed E-state index contributed by atoms with van der Waals surface area (Å²) in [7, 11) is 0. The molecule has 2 aromatic heterocycles. The number of hydrogen-bond acceptors (Lipinski definition) is 3. The highest BCUT2D eigenvalue weighted by Gasteiger charge is 2.16. The number of thiazole rings is 1. The lowest BCUT2D eigenvalue weighted by Crippen LogP contribution is -2.18. The van der Waals surface area contributed by atoms with E-state index in [0.717, 1.165) is 27.3 Å². The lowest BCUT2D eigenvalue weighted by molar-refractivity contribution is 0.0986. The number of carbonyl (C=O) groups excluding carboxylic acids is 1. The van der Waals surface area contributed by atoms with Gasteiger partial charge < -0.3 is 4.57 Å². The maximum absolute atomic E-state index is 12.7. The maximum atomic E-state index is 12.7. The van der Waals surface area contributed by atoms with Crippen molar-refractivity contribution < 1.29 is 4.79 Å². The highest BCUT2D eigenvalue weighted by Crippen LogP contribution is 2.19. The van der Waals surface area contributed by atoms with Gasteiger partial charge in [-0.15, -0.1) is 0 Å². The number of hydrogen-bond donors (Lipinski definition) is 0. The van der Waals surface area contributed by atoms with Crippen molar-refractivity contribution in [1.29, 1.82) is 0 Å². The quantitative estimate of drug-likeness (QED) is 0.726. The molecule has 0 aliphatic heterocycles. The first-order valence-corrected chi connectivity index (χ1v) is 8.97. The summed E-state index contributed by atoms with van der Waals surface area (Å²) in [4.78, 5) is 17.9. The molecular formula is C18H22N4OS. The summed E-state index contributed by atoms with van der Waals surface area (Å²) in [6.07, 6.45) is 0. The van der Waals surface area contributed by atoms with Crippen molar-refractivity contribution in [3.8, 4) is 0 Å². The molecule has 1 aromatic carbocycles. The van der Waals surface area contributed by atoms with Gasteiger partial charge in [0.25, 0.3) is 5.91 Å². The molecule has 0 bridgehead atoms. The van der Waals surface area contributed by atoms with E-state index in [-0.39, 0.29) is 11.9 Å². The molecule has 0 aliphatic carbocycles. The van der Waals surface area contributed by atoms with Crippen LogP contribution in [0.15, 0.2) is 29.3 Å². The third kappa shape index (κ3) is 2.94. The lowest BCUT2D eigenvalue weighted by Gasteiger charge is -2.08. The summed E-state index contributed by atoms with van der Waals surface area (Å²) in [6.45, 7) is 10.8. The second-order valence-corrected chi connectivity index (χ2v) is 7.24. The van der Waals surface area contributed by atoms with E-state index in [4.69, 9.17) is 0 Å². The van der Waals surface area contributed by atoms with Crippen LogP contribution in [0.4, 0.5) is 0 Å². The zero-order chi connectivity index (χ0) is 17.4. The second kappa shape index (κ2) is 6.36. The van der Waals surface area contributed by atoms with Crippen LogP contribution in [0, 0.1) is 13.8 Å². The summed E-state index contributed by atoms with van der Waals surface area (Å²) >= 11 is 1.55. The van der Waals surface area contributed by atoms with Gasteiger partial charge in [0.2, 0.25) is 0 Å². The maximum Gasteiger partial charge on any atom is 0.297 e. The van der Waals surface area contributed by atoms with E-state index >= 15 is 0 Å². The fraction of sp³-hybridized carbons (Fsp3) is 0.389. The Balaban J connectivity index is 2.15. The summed E-state index contributed by atoms with van der Waals surface area (Å²) < 4.78 is 4.98. The Morgan fingerprint density at radius 2 is 2.04 bits per heavy atom. The first-order valence-electron chi connectivity index (χ1n) is 8.16. The average Bonchev–Trinajstić information content (AvgIpc) is 3.06. The topological polar surface area (TPSA) is 52.2 Å². The minimum Gasteiger partial charge on any atom is -0.317 e. The zero-order valence-corrected chi connectivity index (χ0v) is 15.5. The molecule has 0 unspecified atom stereocenters. The normalized spacial score (nSPS) is 12.5. The number of amides is 1. The Morgan fingerprint density at radius 3 is 2.71 bits per heavy atom. The van der Waals surface area contributed by atoms with E-state index in [1.807, 2.05) is 20.8 Å². The van der Waals surface area contributed by atoms with Gasteiger partial charge in [0.1, 0.15) is 5.69 Å². The Bertz CT molecular complexity index is 975. The van der Waals surface area contributed by atoms with E-state index in [1.54, 1.807) is 22.1 Å². The van der Waals surface area contributed by atoms with E-state index in [1.165, 1.54) is 5.56 Å². The lowest BCUT2D eigenvalue weighted by atomic mass is 10.2. The van der Waals surface area contributed by atoms with E-state index in [9.17, 15) is 4.79 Å². The number of carbonyl (C=O) groups is 1. The van der Waals surface area contributed by atoms with Crippen LogP contribution in [0.25, 0.3) is 10.2 Å². The Kier molecular flexibility index (Phi) is 4.41. The van der Waals surface area contributed by atoms with Gasteiger partial charge in [-0.25, -0.2) is 0 Å². The first kappa shape index (κ1) is 16.6. The van der Waals surface area contributed by atoms with Gasteiger partial charge in [-0.1, -0.05) is 17.4 Å². The minimum absolute atomic E-state index is 0.121. The van der Waals surface area contributed by atoms with Crippen molar-refractivity contribution >= 4 is 27.5 Å². The van der Waals surface area contributed by atoms with Crippen LogP contribution in [-0.4, -0.2) is 20.3 Å². The number of rotatable bonds is 3. The Morgan fingerprint density at radius 1 is 1.29 bits per heavy atom. The van der Waals surface area contributed by atoms with Crippen LogP contribution in [0.5, 0.6) is 0 Å². The molecule has 1 amide bonds. The first-order chi connectivity index (χ1) is 11.4. The highest BCUT2D eigenvalue weighted by atomic mass is 32.1. The van der Waals surface area contributed by atoms with Crippen LogP contribution in [0.3, 0.4) is 0 Å². The smallest absolute Gasteiger partial charge is 0.297 e. The number of aromatic nitrogens is 3. The van der Waals surface area contributed by atoms with E-state index in [2.05, 4.69) is 46.7 Å². The molecular weight excluding hydrogens is 320 g/mol. The fourth-order valence-electron chi connectivity index (χ4n) is 2.79. The number of benzene rings is 1. The molecule has 0 fully saturated rings. The highest BCUT2D eigenvalue weighted by molar-refractivity contribution is 7.16. The van der Waals surface area contributed by atoms with Crippen LogP contribution in [0.2, 0.25) is 0 Å². The van der Waals surface area contributed by atoms with Crippen LogP contribution >= 0.6 is 11.3 Å². The Labute approximate surface area is 145 Å². The third-order valence-corrected chi connectivity index (χ3v) is 4.96. The molecule has 5 nitrogen and oxygen atoms in total. The molecule has 0 radical (unpaired) electrons. The Hall–Kier alpha value is -2.21. The monoisotopic (exact) mass is 342 g/mol. The molecule has 0 saturated carbocycles. The van der Waals surface area contributed by atoms with Gasteiger partial charge in [0, 0.05) is 12.6 Å². The van der Waals surface area contributed by atoms with Gasteiger partial charge in [0.05, 0.1) is 15.9 Å². The molecule has 6 heteroatoms. The van der Waals surface area contributed by atoms with Crippen molar-refractivity contribution in [3.05, 3.63) is 46.0 Å². The van der Waals surface area contributed by atoms with Gasteiger partial charge >= 0.3 is 0 Å². The predicted octanol–water partition coefficient (Wildman–Crippen LogP) is 3.86. The summed E-state index contributed by atoms with van der Waals surface area (Å²) in [6, 6.07) is 8.24. The van der Waals surface area contributed by atoms with Gasteiger partial charge in [0.15, 0.2) is 4.80 Å². The molecule has 0 spiro atoms. The minimum atomic E-state index is -0.241. The SMILES string of the molecule is CCn1c(=NC(=O)c2cc(C)nn2C(C)C)sc2cc(C)ccc21. The van der Waals surface area contributed by atoms with Crippen LogP contribution in [0.1, 0.15) is 48.6 Å². The zero-order valence-electron chi connectivity index (χ0n) is 14.7. The van der Waals surface area contributed by atoms with Crippen molar-refractivity contribution in [2.45, 2.75) is 47.2 Å². The molecule has 3 rings (SSSR count). The largest absolute Gasteiger partial charge is 0.317 e. The predicted molar refractivity (Wildman–Crippen MR) is 97.5 cm³/mol. The molecule has 0 aliphatic rings. The molecule has 0 atom stereocenters. The van der Waals surface area contributed by atoms with Crippen LogP contribution in [-0.2, 0) is 6.54 Å². The molecule has 0 saturated heterocycles. The number of aryl methyl sites for hydroxylation is 3. The molecule has 3 aromatic rings. The standard InChI is InChI=1S/C18H22N4OS/c1-6-21-14-8-7-12(4)9-16(14)24-18(21)19-17(23)15-10-13(5)20-22(15)11(2)3/h7-11H,6H2,1-5H3. The van der Waals surface area contributed by atoms with Crippen molar-refractivity contribution in [2.75, 3.05) is 0 Å². The molecule has 126 valence electrons. The number of fused-ring (bicyclic) bond motifs is 1. The molecule has 0 N–H and O–H groups in total. The number of nitrogens with zero attached hydrogens (tertiary/aromatic N) is 4. The van der Waals surface area contributed by atoms with Crippen LogP contribution < -0.4 is 4.80 Å². The van der Waals surface area contributed by atoms with E-state index in [0.29, 0.717) is 5.69 Å². The second-order valence-electron chi connectivity index (χ2n) is 6.23. The van der Waals surface area contributed by atoms with Crippen molar-refractivity contribution in [2.24, 2.45) is 4.99 Å². The van der Waals surface area contributed by atoms with Gasteiger partial charge in [-0.2, -0.15) is 10.1 Å². The van der Waals surface area contributed by atoms with E-state index < -0.39 is 0 Å². The third-order valence-electron chi connectivity index (χ3n) is 3.92. The van der Waals surface area contributed by atoms with Crippen molar-refractivity contribution in [3.63, 3.8) is 0 Å². The fourth-order valence-corrected chi connectivity index (χ4v) is 3.98.